The quantitative estimate of drug-likeness (QED) is 0.0278. The van der Waals surface area contributed by atoms with Crippen molar-refractivity contribution in [3.63, 3.8) is 0 Å². The summed E-state index contributed by atoms with van der Waals surface area (Å²) >= 11 is 0. The van der Waals surface area contributed by atoms with Crippen LogP contribution in [0, 0.1) is 0 Å². The Kier molecular flexibility index (Phi) is 52.6. The largest absolute Gasteiger partial charge is 0.463 e. The van der Waals surface area contributed by atoms with Crippen molar-refractivity contribution in [3.05, 3.63) is 60.8 Å². The van der Waals surface area contributed by atoms with Crippen molar-refractivity contribution in [1.82, 2.24) is 0 Å². The Morgan fingerprint density at radius 2 is 0.647 bits per heavy atom. The van der Waals surface area contributed by atoms with E-state index in [1.807, 2.05) is 0 Å². The van der Waals surface area contributed by atoms with E-state index in [0.717, 1.165) is 122 Å². The second-order valence-corrected chi connectivity index (χ2v) is 18.9. The summed E-state index contributed by atoms with van der Waals surface area (Å²) in [4.78, 5) is 38.1. The number of ether oxygens (including phenoxy) is 4. The average Bonchev–Trinajstić information content (AvgIpc) is 3.34. The summed E-state index contributed by atoms with van der Waals surface area (Å²) in [5.74, 6) is -0.998. The second kappa shape index (κ2) is 55.0. The number of aliphatic hydroxyl groups excluding tert-OH is 1. The lowest BCUT2D eigenvalue weighted by Crippen LogP contribution is -2.34. The van der Waals surface area contributed by atoms with Crippen molar-refractivity contribution in [3.8, 4) is 0 Å². The molecule has 0 saturated heterocycles. The Labute approximate surface area is 419 Å². The maximum absolute atomic E-state index is 12.9. The zero-order valence-corrected chi connectivity index (χ0v) is 44.4. The fourth-order valence-electron chi connectivity index (χ4n) is 7.78. The van der Waals surface area contributed by atoms with E-state index in [4.69, 9.17) is 18.9 Å². The summed E-state index contributed by atoms with van der Waals surface area (Å²) in [5, 5.41) is 10.0. The van der Waals surface area contributed by atoms with Crippen LogP contribution >= 0.6 is 0 Å². The van der Waals surface area contributed by atoms with E-state index in [1.54, 1.807) is 0 Å². The maximum Gasteiger partial charge on any atom is 0.306 e. The number of unbranched alkanes of at least 4 members (excludes halogenated alkanes) is 27. The maximum atomic E-state index is 12.9. The van der Waals surface area contributed by atoms with Crippen LogP contribution in [-0.4, -0.2) is 61.6 Å². The predicted molar refractivity (Wildman–Crippen MR) is 287 cm³/mol. The third-order valence-corrected chi connectivity index (χ3v) is 12.2. The molecule has 68 heavy (non-hydrogen) atoms. The Bertz CT molecular complexity index is 1250. The predicted octanol–water partition coefficient (Wildman–Crippen LogP) is 17.0. The molecule has 0 aromatic rings. The van der Waals surface area contributed by atoms with Crippen LogP contribution in [0.3, 0.4) is 0 Å². The van der Waals surface area contributed by atoms with E-state index >= 15 is 0 Å². The lowest BCUT2D eigenvalue weighted by atomic mass is 10.1. The lowest BCUT2D eigenvalue weighted by Gasteiger charge is -2.21. The molecule has 0 bridgehead atoms. The standard InChI is InChI=1S/C60H106O8/c1-4-7-10-13-16-19-22-25-28-31-34-37-40-43-46-49-58(62)66-53-56(52-61)65-54-57(68-60(64)51-48-45-42-39-36-33-30-27-24-21-18-15-12-9-6-3)55-67-59(63)50-47-44-41-38-35-32-29-26-23-20-17-14-11-8-5-2/h17-18,20-21,25-30,56-57,61H,4-16,19,22-24,31-55H2,1-3H3/b20-17-,21-18-,28-25-,29-26-,30-27-. The highest BCUT2D eigenvalue weighted by Crippen LogP contribution is 2.14. The van der Waals surface area contributed by atoms with Gasteiger partial charge in [0.05, 0.1) is 13.2 Å². The van der Waals surface area contributed by atoms with Crippen LogP contribution in [0.15, 0.2) is 60.8 Å². The molecule has 0 aromatic heterocycles. The van der Waals surface area contributed by atoms with Crippen LogP contribution in [-0.2, 0) is 33.3 Å². The zero-order valence-electron chi connectivity index (χ0n) is 44.4. The number of carbonyl (C=O) groups is 3. The first-order valence-corrected chi connectivity index (χ1v) is 28.4. The summed E-state index contributed by atoms with van der Waals surface area (Å²) in [7, 11) is 0. The van der Waals surface area contributed by atoms with Gasteiger partial charge in [-0.05, 0) is 109 Å². The highest BCUT2D eigenvalue weighted by atomic mass is 16.6. The van der Waals surface area contributed by atoms with Crippen molar-refractivity contribution in [2.45, 2.75) is 277 Å². The molecule has 1 N–H and O–H groups in total. The molecule has 0 saturated carbocycles. The third-order valence-electron chi connectivity index (χ3n) is 12.2. The molecule has 8 nitrogen and oxygen atoms in total. The third kappa shape index (κ3) is 50.9. The van der Waals surface area contributed by atoms with E-state index < -0.39 is 12.2 Å². The van der Waals surface area contributed by atoms with Gasteiger partial charge < -0.3 is 24.1 Å². The summed E-state index contributed by atoms with van der Waals surface area (Å²) < 4.78 is 22.6. The van der Waals surface area contributed by atoms with Gasteiger partial charge in [-0.15, -0.1) is 0 Å². The number of carbonyl (C=O) groups excluding carboxylic acids is 3. The van der Waals surface area contributed by atoms with Crippen molar-refractivity contribution >= 4 is 17.9 Å². The van der Waals surface area contributed by atoms with Crippen molar-refractivity contribution in [2.75, 3.05) is 26.4 Å². The molecule has 2 unspecified atom stereocenters. The van der Waals surface area contributed by atoms with Crippen LogP contribution < -0.4 is 0 Å². The van der Waals surface area contributed by atoms with Gasteiger partial charge in [-0.2, -0.15) is 0 Å². The molecule has 0 rings (SSSR count). The molecule has 8 heteroatoms. The number of hydrogen-bond donors (Lipinski definition) is 1. The Balaban J connectivity index is 4.60. The molecule has 0 radical (unpaired) electrons. The Morgan fingerprint density at radius 3 is 1.03 bits per heavy atom. The molecule has 0 aromatic carbocycles. The van der Waals surface area contributed by atoms with Crippen LogP contribution in [0.2, 0.25) is 0 Å². The molecule has 0 aliphatic heterocycles. The fourth-order valence-corrected chi connectivity index (χ4v) is 7.78. The number of allylic oxidation sites excluding steroid dienone is 10. The molecule has 394 valence electrons. The minimum Gasteiger partial charge on any atom is -0.463 e. The number of rotatable bonds is 52. The molecule has 0 spiro atoms. The molecular formula is C60H106O8. The molecule has 2 atom stereocenters. The monoisotopic (exact) mass is 955 g/mol. The number of esters is 3. The second-order valence-electron chi connectivity index (χ2n) is 18.9. The van der Waals surface area contributed by atoms with Crippen LogP contribution in [0.4, 0.5) is 0 Å². The zero-order chi connectivity index (χ0) is 49.5. The highest BCUT2D eigenvalue weighted by molar-refractivity contribution is 5.70. The molecule has 0 aliphatic rings. The van der Waals surface area contributed by atoms with Gasteiger partial charge in [0.15, 0.2) is 6.10 Å². The van der Waals surface area contributed by atoms with Crippen LogP contribution in [0.5, 0.6) is 0 Å². The normalized spacial score (nSPS) is 12.9. The SMILES string of the molecule is CCCCC/C=C\C/C=C\CCCCCCCC(=O)OCC(COC(CO)COC(=O)CCCCCCC/C=C\CCCCCCCC)OC(=O)CCCCCCC/C=C\C/C=C\CCCCC. The highest BCUT2D eigenvalue weighted by Gasteiger charge is 2.21. The van der Waals surface area contributed by atoms with Gasteiger partial charge in [-0.1, -0.05) is 197 Å². The van der Waals surface area contributed by atoms with Gasteiger partial charge >= 0.3 is 17.9 Å². The topological polar surface area (TPSA) is 108 Å². The van der Waals surface area contributed by atoms with Gasteiger partial charge in [0, 0.05) is 19.3 Å². The van der Waals surface area contributed by atoms with Crippen LogP contribution in [0.25, 0.3) is 0 Å². The van der Waals surface area contributed by atoms with Crippen LogP contribution in [0.1, 0.15) is 265 Å². The Morgan fingerprint density at radius 1 is 0.353 bits per heavy atom. The van der Waals surface area contributed by atoms with Crippen molar-refractivity contribution in [1.29, 1.82) is 0 Å². The summed E-state index contributed by atoms with van der Waals surface area (Å²) in [6, 6.07) is 0. The fraction of sp³-hybridized carbons (Fsp3) is 0.783. The van der Waals surface area contributed by atoms with E-state index in [0.29, 0.717) is 12.8 Å². The van der Waals surface area contributed by atoms with E-state index in [1.165, 1.54) is 103 Å². The average molecular weight is 955 g/mol. The minimum absolute atomic E-state index is 0.0815. The van der Waals surface area contributed by atoms with Gasteiger partial charge in [-0.25, -0.2) is 0 Å². The smallest absolute Gasteiger partial charge is 0.306 e. The first kappa shape index (κ1) is 65.0. The Hall–Kier alpha value is -2.97. The lowest BCUT2D eigenvalue weighted by molar-refractivity contribution is -0.167. The van der Waals surface area contributed by atoms with E-state index in [2.05, 4.69) is 81.5 Å². The summed E-state index contributed by atoms with van der Waals surface area (Å²) in [6.45, 7) is 6.06. The van der Waals surface area contributed by atoms with Gasteiger partial charge in [-0.3, -0.25) is 14.4 Å². The van der Waals surface area contributed by atoms with Gasteiger partial charge in [0.25, 0.3) is 0 Å². The van der Waals surface area contributed by atoms with E-state index in [-0.39, 0.29) is 50.8 Å². The molecule has 0 heterocycles. The first-order chi connectivity index (χ1) is 33.5. The number of aliphatic hydroxyl groups is 1. The minimum atomic E-state index is -0.824. The van der Waals surface area contributed by atoms with Gasteiger partial charge in [0.1, 0.15) is 19.3 Å². The molecular weight excluding hydrogens is 849 g/mol. The molecule has 0 fully saturated rings. The molecule has 0 aliphatic carbocycles. The first-order valence-electron chi connectivity index (χ1n) is 28.4. The summed E-state index contributed by atoms with van der Waals surface area (Å²) in [6.07, 6.45) is 61.9. The van der Waals surface area contributed by atoms with Crippen molar-refractivity contribution < 1.29 is 38.4 Å². The molecule has 0 amide bonds. The van der Waals surface area contributed by atoms with E-state index in [9.17, 15) is 19.5 Å². The van der Waals surface area contributed by atoms with Gasteiger partial charge in [0.2, 0.25) is 0 Å². The number of hydrogen-bond acceptors (Lipinski definition) is 8. The van der Waals surface area contributed by atoms with Crippen molar-refractivity contribution in [2.24, 2.45) is 0 Å². The summed E-state index contributed by atoms with van der Waals surface area (Å²) in [5.41, 5.74) is 0.